The van der Waals surface area contributed by atoms with Crippen LogP contribution in [-0.2, 0) is 27.7 Å². The molecule has 0 spiro atoms. The molecule has 1 aromatic rings. The van der Waals surface area contributed by atoms with E-state index < -0.39 is 10.0 Å². The highest BCUT2D eigenvalue weighted by Gasteiger charge is 2.33. The molecule has 6 nitrogen and oxygen atoms in total. The first-order valence-electron chi connectivity index (χ1n) is 11.0. The normalized spacial score (nSPS) is 26.5. The van der Waals surface area contributed by atoms with Gasteiger partial charge in [-0.25, -0.2) is 8.42 Å². The number of hydrogen-bond acceptors (Lipinski definition) is 4. The van der Waals surface area contributed by atoms with Crippen LogP contribution < -0.4 is 0 Å². The summed E-state index contributed by atoms with van der Waals surface area (Å²) in [4.78, 5) is 17.4. The Morgan fingerprint density at radius 2 is 1.62 bits per heavy atom. The van der Waals surface area contributed by atoms with Crippen LogP contribution in [0.3, 0.4) is 0 Å². The molecular formula is C22H33N3O3S. The van der Waals surface area contributed by atoms with Gasteiger partial charge in [0, 0.05) is 38.3 Å². The molecular weight excluding hydrogens is 386 g/mol. The Kier molecular flexibility index (Phi) is 6.00. The number of carbonyl (C=O) groups excluding carboxylic acids is 1. The van der Waals surface area contributed by atoms with E-state index in [1.54, 1.807) is 10.4 Å². The van der Waals surface area contributed by atoms with Crippen LogP contribution in [0.2, 0.25) is 0 Å². The number of nitrogens with zero attached hydrogens (tertiary/aromatic N) is 3. The SMILES string of the molecule is C[C@@H]1CCC[C@@H](C)N1C(=O)CN1CCN(S(=O)(=O)c2ccc3c(c2)CCC3)CC1. The number of benzene rings is 1. The highest BCUT2D eigenvalue weighted by atomic mass is 32.2. The van der Waals surface area contributed by atoms with Gasteiger partial charge in [0.1, 0.15) is 0 Å². The van der Waals surface area contributed by atoms with Crippen molar-refractivity contribution in [2.24, 2.45) is 0 Å². The molecule has 1 aromatic carbocycles. The predicted octanol–water partition coefficient (Wildman–Crippen LogP) is 2.27. The van der Waals surface area contributed by atoms with E-state index in [0.717, 1.165) is 32.1 Å². The lowest BCUT2D eigenvalue weighted by atomic mass is 9.97. The summed E-state index contributed by atoms with van der Waals surface area (Å²) in [6.07, 6.45) is 6.47. The van der Waals surface area contributed by atoms with Gasteiger partial charge in [-0.15, -0.1) is 0 Å². The average Bonchev–Trinajstić information content (AvgIpc) is 3.16. The average molecular weight is 420 g/mol. The minimum absolute atomic E-state index is 0.180. The number of piperidine rings is 1. The van der Waals surface area contributed by atoms with Crippen molar-refractivity contribution in [2.45, 2.75) is 69.4 Å². The zero-order valence-electron chi connectivity index (χ0n) is 17.6. The molecule has 2 heterocycles. The van der Waals surface area contributed by atoms with Crippen molar-refractivity contribution in [3.05, 3.63) is 29.3 Å². The first-order valence-corrected chi connectivity index (χ1v) is 12.5. The second-order valence-electron chi connectivity index (χ2n) is 8.89. The topological polar surface area (TPSA) is 60.9 Å². The van der Waals surface area contributed by atoms with E-state index in [9.17, 15) is 13.2 Å². The molecule has 1 amide bonds. The van der Waals surface area contributed by atoms with Crippen LogP contribution >= 0.6 is 0 Å². The number of amides is 1. The van der Waals surface area contributed by atoms with Crippen LogP contribution in [0.5, 0.6) is 0 Å². The summed E-state index contributed by atoms with van der Waals surface area (Å²) in [7, 11) is -3.46. The zero-order valence-corrected chi connectivity index (χ0v) is 18.5. The summed E-state index contributed by atoms with van der Waals surface area (Å²) >= 11 is 0. The summed E-state index contributed by atoms with van der Waals surface area (Å²) in [5.74, 6) is 0.180. The number of rotatable bonds is 4. The molecule has 0 N–H and O–H groups in total. The minimum Gasteiger partial charge on any atom is -0.336 e. The summed E-state index contributed by atoms with van der Waals surface area (Å²) in [6.45, 7) is 6.75. The van der Waals surface area contributed by atoms with Crippen LogP contribution in [0, 0.1) is 0 Å². The lowest BCUT2D eigenvalue weighted by Gasteiger charge is -2.41. The fourth-order valence-electron chi connectivity index (χ4n) is 5.17. The van der Waals surface area contributed by atoms with Gasteiger partial charge in [-0.05, 0) is 75.6 Å². The highest BCUT2D eigenvalue weighted by Crippen LogP contribution is 2.27. The predicted molar refractivity (Wildman–Crippen MR) is 113 cm³/mol. The first kappa shape index (κ1) is 20.8. The Morgan fingerprint density at radius 3 is 2.31 bits per heavy atom. The van der Waals surface area contributed by atoms with Gasteiger partial charge in [-0.3, -0.25) is 9.69 Å². The molecule has 0 aromatic heterocycles. The summed E-state index contributed by atoms with van der Waals surface area (Å²) in [5, 5.41) is 0. The largest absolute Gasteiger partial charge is 0.336 e. The zero-order chi connectivity index (χ0) is 20.6. The van der Waals surface area contributed by atoms with Gasteiger partial charge in [-0.1, -0.05) is 6.07 Å². The molecule has 1 aliphatic carbocycles. The van der Waals surface area contributed by atoms with Gasteiger partial charge in [0.15, 0.2) is 0 Å². The molecule has 2 aliphatic heterocycles. The number of hydrogen-bond donors (Lipinski definition) is 0. The lowest BCUT2D eigenvalue weighted by Crippen LogP contribution is -2.54. The second-order valence-corrected chi connectivity index (χ2v) is 10.8. The van der Waals surface area contributed by atoms with E-state index in [2.05, 4.69) is 18.7 Å². The molecule has 0 saturated carbocycles. The monoisotopic (exact) mass is 419 g/mol. The number of aryl methyl sites for hydroxylation is 2. The third kappa shape index (κ3) is 4.23. The first-order chi connectivity index (χ1) is 13.9. The number of likely N-dealkylation sites (tertiary alicyclic amines) is 1. The van der Waals surface area contributed by atoms with Gasteiger partial charge < -0.3 is 4.90 Å². The van der Waals surface area contributed by atoms with Crippen molar-refractivity contribution in [3.63, 3.8) is 0 Å². The van der Waals surface area contributed by atoms with Crippen LogP contribution in [0.25, 0.3) is 0 Å². The number of sulfonamides is 1. The summed E-state index contributed by atoms with van der Waals surface area (Å²) in [6, 6.07) is 6.20. The van der Waals surface area contributed by atoms with E-state index >= 15 is 0 Å². The smallest absolute Gasteiger partial charge is 0.243 e. The fraction of sp³-hybridized carbons (Fsp3) is 0.682. The molecule has 3 aliphatic rings. The summed E-state index contributed by atoms with van der Waals surface area (Å²) < 4.78 is 27.7. The Bertz CT molecular complexity index is 852. The molecule has 0 unspecified atom stereocenters. The van der Waals surface area contributed by atoms with E-state index in [-0.39, 0.29) is 5.91 Å². The van der Waals surface area contributed by atoms with E-state index in [1.807, 2.05) is 17.0 Å². The van der Waals surface area contributed by atoms with Gasteiger partial charge in [-0.2, -0.15) is 4.31 Å². The van der Waals surface area contributed by atoms with Crippen LogP contribution in [0.15, 0.2) is 23.1 Å². The number of piperazine rings is 1. The van der Waals surface area contributed by atoms with Crippen molar-refractivity contribution in [1.29, 1.82) is 0 Å². The maximum Gasteiger partial charge on any atom is 0.243 e. The standard InChI is InChI=1S/C22H33N3O3S/c1-17-5-3-6-18(2)25(17)22(26)16-23-11-13-24(14-12-23)29(27,28)21-10-9-19-7-4-8-20(19)15-21/h9-10,15,17-18H,3-8,11-14,16H2,1-2H3/t17-,18-/m1/s1. The number of fused-ring (bicyclic) bond motifs is 1. The quantitative estimate of drug-likeness (QED) is 0.751. The Hall–Kier alpha value is -1.44. The number of carbonyl (C=O) groups is 1. The van der Waals surface area contributed by atoms with Crippen molar-refractivity contribution in [2.75, 3.05) is 32.7 Å². The molecule has 0 radical (unpaired) electrons. The van der Waals surface area contributed by atoms with Crippen molar-refractivity contribution < 1.29 is 13.2 Å². The third-order valence-corrected chi connectivity index (χ3v) is 8.77. The maximum absolute atomic E-state index is 13.1. The molecule has 2 atom stereocenters. The molecule has 29 heavy (non-hydrogen) atoms. The van der Waals surface area contributed by atoms with Crippen LogP contribution in [0.4, 0.5) is 0 Å². The highest BCUT2D eigenvalue weighted by molar-refractivity contribution is 7.89. The van der Waals surface area contributed by atoms with Gasteiger partial charge in [0.05, 0.1) is 11.4 Å². The Morgan fingerprint density at radius 1 is 0.966 bits per heavy atom. The molecule has 0 bridgehead atoms. The van der Waals surface area contributed by atoms with Crippen molar-refractivity contribution >= 4 is 15.9 Å². The second kappa shape index (κ2) is 8.36. The summed E-state index contributed by atoms with van der Waals surface area (Å²) in [5.41, 5.74) is 2.47. The molecule has 4 rings (SSSR count). The molecule has 7 heteroatoms. The molecule has 2 saturated heterocycles. The van der Waals surface area contributed by atoms with Crippen molar-refractivity contribution in [3.8, 4) is 0 Å². The van der Waals surface area contributed by atoms with E-state index in [4.69, 9.17) is 0 Å². The third-order valence-electron chi connectivity index (χ3n) is 6.88. The van der Waals surface area contributed by atoms with Crippen LogP contribution in [0.1, 0.15) is 50.7 Å². The fourth-order valence-corrected chi connectivity index (χ4v) is 6.64. The van der Waals surface area contributed by atoms with Gasteiger partial charge >= 0.3 is 0 Å². The minimum atomic E-state index is -3.46. The van der Waals surface area contributed by atoms with E-state index in [0.29, 0.717) is 49.7 Å². The van der Waals surface area contributed by atoms with Gasteiger partial charge in [0.2, 0.25) is 15.9 Å². The Labute approximate surface area is 174 Å². The molecule has 2 fully saturated rings. The maximum atomic E-state index is 13.1. The van der Waals surface area contributed by atoms with Crippen molar-refractivity contribution in [1.82, 2.24) is 14.1 Å². The van der Waals surface area contributed by atoms with E-state index in [1.165, 1.54) is 17.5 Å². The van der Waals surface area contributed by atoms with Crippen LogP contribution in [-0.4, -0.2) is 73.2 Å². The lowest BCUT2D eigenvalue weighted by molar-refractivity contribution is -0.138. The molecule has 160 valence electrons. The Balaban J connectivity index is 1.36. The van der Waals surface area contributed by atoms with Gasteiger partial charge in [0.25, 0.3) is 0 Å².